The van der Waals surface area contributed by atoms with E-state index in [2.05, 4.69) is 15.6 Å². The van der Waals surface area contributed by atoms with E-state index in [-0.39, 0.29) is 41.5 Å². The Labute approximate surface area is 174 Å². The maximum absolute atomic E-state index is 13.0. The third-order valence-corrected chi connectivity index (χ3v) is 5.90. The van der Waals surface area contributed by atoms with Crippen LogP contribution in [0.15, 0.2) is 29.3 Å². The Morgan fingerprint density at radius 1 is 1.30 bits per heavy atom. The Bertz CT molecular complexity index is 706. The molecule has 0 aromatic heterocycles. The molecule has 2 heterocycles. The molecule has 3 unspecified atom stereocenters. The van der Waals surface area contributed by atoms with Crippen molar-refractivity contribution in [2.45, 2.75) is 61.9 Å². The summed E-state index contributed by atoms with van der Waals surface area (Å²) in [5, 5.41) is 6.74. The largest absolute Gasteiger partial charge is 0.416 e. The van der Waals surface area contributed by atoms with Crippen molar-refractivity contribution >= 4 is 29.9 Å². The van der Waals surface area contributed by atoms with Crippen molar-refractivity contribution in [2.24, 2.45) is 4.99 Å². The maximum atomic E-state index is 13.0. The summed E-state index contributed by atoms with van der Waals surface area (Å²) in [5.41, 5.74) is -0.0641. The van der Waals surface area contributed by atoms with Gasteiger partial charge >= 0.3 is 6.18 Å². The molecule has 3 fully saturated rings. The highest BCUT2D eigenvalue weighted by Gasteiger charge is 2.46. The van der Waals surface area contributed by atoms with Gasteiger partial charge in [-0.3, -0.25) is 4.99 Å². The lowest BCUT2D eigenvalue weighted by molar-refractivity contribution is -0.137. The van der Waals surface area contributed by atoms with Crippen LogP contribution in [-0.2, 0) is 16.3 Å². The topological polar surface area (TPSA) is 45.7 Å². The molecule has 4 rings (SSSR count). The number of fused-ring (bicyclic) bond motifs is 2. The van der Waals surface area contributed by atoms with Crippen LogP contribution in [0.5, 0.6) is 0 Å². The normalized spacial score (nSPS) is 28.6. The Morgan fingerprint density at radius 2 is 2.07 bits per heavy atom. The molecule has 1 saturated carbocycles. The van der Waals surface area contributed by atoms with Gasteiger partial charge in [0.15, 0.2) is 5.96 Å². The second-order valence-corrected chi connectivity index (χ2v) is 7.65. The van der Waals surface area contributed by atoms with Gasteiger partial charge < -0.3 is 15.4 Å². The quantitative estimate of drug-likeness (QED) is 0.379. The summed E-state index contributed by atoms with van der Waals surface area (Å²) in [6.45, 7) is 0.579. The van der Waals surface area contributed by atoms with Crippen LogP contribution in [0.1, 0.15) is 43.2 Å². The number of hydrogen-bond donors (Lipinski definition) is 2. The van der Waals surface area contributed by atoms with E-state index < -0.39 is 11.7 Å². The van der Waals surface area contributed by atoms with Gasteiger partial charge in [0, 0.05) is 19.0 Å². The second-order valence-electron chi connectivity index (χ2n) is 7.65. The zero-order valence-corrected chi connectivity index (χ0v) is 17.5. The highest BCUT2D eigenvalue weighted by molar-refractivity contribution is 14.0. The van der Waals surface area contributed by atoms with Crippen molar-refractivity contribution in [3.05, 3.63) is 35.4 Å². The van der Waals surface area contributed by atoms with Crippen molar-refractivity contribution in [2.75, 3.05) is 13.6 Å². The van der Waals surface area contributed by atoms with Crippen LogP contribution in [0, 0.1) is 0 Å². The van der Waals surface area contributed by atoms with E-state index in [1.54, 1.807) is 13.1 Å². The minimum Gasteiger partial charge on any atom is -0.373 e. The summed E-state index contributed by atoms with van der Waals surface area (Å²) in [7, 11) is 1.72. The zero-order chi connectivity index (χ0) is 18.4. The van der Waals surface area contributed by atoms with Gasteiger partial charge in [0.25, 0.3) is 0 Å². The van der Waals surface area contributed by atoms with Crippen molar-refractivity contribution in [1.82, 2.24) is 10.6 Å². The summed E-state index contributed by atoms with van der Waals surface area (Å²) >= 11 is 0. The number of nitrogens with one attached hydrogen (secondary N) is 2. The summed E-state index contributed by atoms with van der Waals surface area (Å²) < 4.78 is 44.8. The van der Waals surface area contributed by atoms with Crippen molar-refractivity contribution in [3.63, 3.8) is 0 Å². The molecular formula is C19H25F3IN3O. The number of ether oxygens (including phenoxy) is 1. The third kappa shape index (κ3) is 4.36. The van der Waals surface area contributed by atoms with Crippen LogP contribution in [0.2, 0.25) is 0 Å². The van der Waals surface area contributed by atoms with E-state index in [9.17, 15) is 13.2 Å². The molecule has 1 aromatic carbocycles. The first-order valence-electron chi connectivity index (χ1n) is 9.20. The monoisotopic (exact) mass is 495 g/mol. The zero-order valence-electron chi connectivity index (χ0n) is 15.2. The lowest BCUT2D eigenvalue weighted by atomic mass is 9.94. The van der Waals surface area contributed by atoms with Gasteiger partial charge in [-0.1, -0.05) is 18.2 Å². The average Bonchev–Trinajstić information content (AvgIpc) is 3.13. The highest BCUT2D eigenvalue weighted by atomic mass is 127. The van der Waals surface area contributed by atoms with Crippen molar-refractivity contribution in [1.29, 1.82) is 0 Å². The van der Waals surface area contributed by atoms with Crippen molar-refractivity contribution in [3.8, 4) is 0 Å². The summed E-state index contributed by atoms with van der Waals surface area (Å²) in [6.07, 6.45) is 1.27. The Morgan fingerprint density at radius 3 is 2.63 bits per heavy atom. The van der Waals surface area contributed by atoms with Crippen LogP contribution in [0.25, 0.3) is 0 Å². The molecule has 8 heteroatoms. The molecule has 2 bridgehead atoms. The molecule has 150 valence electrons. The summed E-state index contributed by atoms with van der Waals surface area (Å²) in [6, 6.07) is 5.97. The van der Waals surface area contributed by atoms with E-state index in [0.717, 1.165) is 43.7 Å². The SMILES string of the molecule is CN=C(NCC1(c2cccc(C(F)(F)F)c2)CC1)NC1CC2CCC1O2.I. The van der Waals surface area contributed by atoms with Gasteiger partial charge in [-0.15, -0.1) is 24.0 Å². The lowest BCUT2D eigenvalue weighted by Crippen LogP contribution is -2.49. The predicted molar refractivity (Wildman–Crippen MR) is 109 cm³/mol. The number of hydrogen-bond acceptors (Lipinski definition) is 2. The Hall–Kier alpha value is -1.03. The standard InChI is InChI=1S/C19H24F3N3O.HI/c1-23-17(25-15-10-14-5-6-16(15)26-14)24-11-18(7-8-18)12-3-2-4-13(9-12)19(20,21)22;/h2-4,9,14-16H,5-8,10-11H2,1H3,(H2,23,24,25);1H. The number of halogens is 4. The summed E-state index contributed by atoms with van der Waals surface area (Å²) in [4.78, 5) is 4.28. The van der Waals surface area contributed by atoms with Gasteiger partial charge in [-0.25, -0.2) is 0 Å². The predicted octanol–water partition coefficient (Wildman–Crippen LogP) is 3.84. The molecule has 0 spiro atoms. The van der Waals surface area contributed by atoms with Gasteiger partial charge in [0.2, 0.25) is 0 Å². The van der Waals surface area contributed by atoms with Gasteiger partial charge in [0.1, 0.15) is 0 Å². The van der Waals surface area contributed by atoms with Crippen LogP contribution in [0.4, 0.5) is 13.2 Å². The summed E-state index contributed by atoms with van der Waals surface area (Å²) in [5.74, 6) is 0.699. The average molecular weight is 495 g/mol. The minimum atomic E-state index is -4.31. The first-order valence-corrected chi connectivity index (χ1v) is 9.20. The molecule has 2 saturated heterocycles. The number of nitrogens with zero attached hydrogens (tertiary/aromatic N) is 1. The number of aliphatic imine (C=N–C) groups is 1. The molecule has 27 heavy (non-hydrogen) atoms. The lowest BCUT2D eigenvalue weighted by Gasteiger charge is -2.24. The number of benzene rings is 1. The maximum Gasteiger partial charge on any atom is 0.416 e. The number of alkyl halides is 3. The fraction of sp³-hybridized carbons (Fsp3) is 0.632. The smallest absolute Gasteiger partial charge is 0.373 e. The van der Waals surface area contributed by atoms with Crippen LogP contribution in [-0.4, -0.2) is 37.8 Å². The Kier molecular flexibility index (Phi) is 5.96. The fourth-order valence-electron chi connectivity index (χ4n) is 4.16. The second kappa shape index (κ2) is 7.77. The van der Waals surface area contributed by atoms with Gasteiger partial charge in [0.05, 0.1) is 23.8 Å². The molecule has 2 aliphatic heterocycles. The van der Waals surface area contributed by atoms with E-state index in [1.807, 2.05) is 0 Å². The minimum absolute atomic E-state index is 0. The molecular weight excluding hydrogens is 470 g/mol. The molecule has 2 N–H and O–H groups in total. The number of rotatable bonds is 4. The first kappa shape index (κ1) is 20.7. The van der Waals surface area contributed by atoms with Crippen LogP contribution < -0.4 is 10.6 Å². The molecule has 1 aromatic rings. The molecule has 0 amide bonds. The van der Waals surface area contributed by atoms with Gasteiger partial charge in [-0.2, -0.15) is 13.2 Å². The molecule has 3 aliphatic rings. The van der Waals surface area contributed by atoms with E-state index >= 15 is 0 Å². The van der Waals surface area contributed by atoms with E-state index in [1.165, 1.54) is 12.1 Å². The first-order chi connectivity index (χ1) is 12.4. The molecule has 0 radical (unpaired) electrons. The molecule has 1 aliphatic carbocycles. The molecule has 4 nitrogen and oxygen atoms in total. The highest BCUT2D eigenvalue weighted by Crippen LogP contribution is 2.48. The van der Waals surface area contributed by atoms with Crippen LogP contribution in [0.3, 0.4) is 0 Å². The van der Waals surface area contributed by atoms with Gasteiger partial charge in [-0.05, 0) is 43.7 Å². The Balaban J connectivity index is 0.00000210. The fourth-order valence-corrected chi connectivity index (χ4v) is 4.16. The van der Waals surface area contributed by atoms with E-state index in [0.29, 0.717) is 18.6 Å². The number of guanidine groups is 1. The van der Waals surface area contributed by atoms with E-state index in [4.69, 9.17) is 4.74 Å². The van der Waals surface area contributed by atoms with Crippen LogP contribution >= 0.6 is 24.0 Å². The van der Waals surface area contributed by atoms with Crippen molar-refractivity contribution < 1.29 is 17.9 Å². The molecule has 3 atom stereocenters. The third-order valence-electron chi connectivity index (χ3n) is 5.90.